The zero-order chi connectivity index (χ0) is 25.8. The fraction of sp³-hybridized carbons (Fsp3) is 0.600. The Morgan fingerprint density at radius 3 is 2.22 bits per heavy atom. The number of ether oxygens (including phenoxy) is 1. The van der Waals surface area contributed by atoms with Crippen LogP contribution in [0.4, 0.5) is 13.2 Å². The molecule has 1 aliphatic rings. The minimum absolute atomic E-state index is 0.322. The van der Waals surface area contributed by atoms with Crippen LogP contribution in [0.2, 0.25) is 18.1 Å². The lowest BCUT2D eigenvalue weighted by Crippen LogP contribution is -2.20. The molecule has 0 saturated carbocycles. The number of alkyl halides is 2. The molecule has 0 aliphatic carbocycles. The molecule has 1 fully saturated rings. The summed E-state index contributed by atoms with van der Waals surface area (Å²) < 4.78 is 48.7. The molecule has 1 heterocycles. The van der Waals surface area contributed by atoms with Gasteiger partial charge in [-0.2, -0.15) is 0 Å². The van der Waals surface area contributed by atoms with Gasteiger partial charge in [-0.05, 0) is 60.4 Å². The van der Waals surface area contributed by atoms with Crippen LogP contribution in [0.5, 0.6) is 5.75 Å². The van der Waals surface area contributed by atoms with Gasteiger partial charge in [0.2, 0.25) is 0 Å². The molecule has 1 aliphatic heterocycles. The number of unbranched alkanes of at least 4 members (excludes halogenated alkanes) is 5. The lowest BCUT2D eigenvalue weighted by atomic mass is 9.92. The standard InChI is InChI=1S/C30H42BrF3OSi/c1-2-3-4-5-6-9-27(32)22-35-30-28(33)20-26(21-29(30)34)24-12-10-23(11-13-24)25-14-18-36(19-15-25)17-8-7-16-31/h10-13,20-21,25,27,36H,2-9,14-19,22H2,1H3/t25?,27-,36?/m0/s1. The van der Waals surface area contributed by atoms with Crippen LogP contribution in [0, 0.1) is 11.6 Å². The first-order valence-corrected chi connectivity index (χ1v) is 17.5. The van der Waals surface area contributed by atoms with Crippen molar-refractivity contribution in [1.82, 2.24) is 0 Å². The maximum atomic E-state index is 14.7. The quantitative estimate of drug-likeness (QED) is 0.115. The fourth-order valence-electron chi connectivity index (χ4n) is 5.35. The summed E-state index contributed by atoms with van der Waals surface area (Å²) in [4.78, 5) is 0. The van der Waals surface area contributed by atoms with Crippen molar-refractivity contribution in [3.8, 4) is 16.9 Å². The SMILES string of the molecule is CCCCCCC[C@H](F)COc1c(F)cc(-c2ccc(C3CC[SiH](CCCCBr)CC3)cc2)cc1F. The predicted molar refractivity (Wildman–Crippen MR) is 152 cm³/mol. The molecule has 0 unspecified atom stereocenters. The molecular formula is C30H42BrF3OSi. The van der Waals surface area contributed by atoms with Gasteiger partial charge in [0, 0.05) is 14.1 Å². The van der Waals surface area contributed by atoms with Crippen LogP contribution in [0.15, 0.2) is 36.4 Å². The monoisotopic (exact) mass is 582 g/mol. The zero-order valence-corrected chi connectivity index (χ0v) is 24.5. The van der Waals surface area contributed by atoms with Crippen LogP contribution >= 0.6 is 15.9 Å². The van der Waals surface area contributed by atoms with Crippen molar-refractivity contribution < 1.29 is 17.9 Å². The van der Waals surface area contributed by atoms with Crippen molar-refractivity contribution in [3.05, 3.63) is 53.6 Å². The number of benzene rings is 2. The van der Waals surface area contributed by atoms with E-state index in [1.165, 1.54) is 61.5 Å². The minimum Gasteiger partial charge on any atom is -0.485 e. The summed E-state index contributed by atoms with van der Waals surface area (Å²) in [6.45, 7) is 1.81. The lowest BCUT2D eigenvalue weighted by molar-refractivity contribution is 0.173. The maximum Gasteiger partial charge on any atom is 0.190 e. The maximum absolute atomic E-state index is 14.7. The minimum atomic E-state index is -1.22. The molecule has 0 spiro atoms. The Hall–Kier alpha value is -1.27. The van der Waals surface area contributed by atoms with Gasteiger partial charge >= 0.3 is 0 Å². The molecular weight excluding hydrogens is 541 g/mol. The van der Waals surface area contributed by atoms with E-state index in [2.05, 4.69) is 35.0 Å². The van der Waals surface area contributed by atoms with Gasteiger partial charge in [0.15, 0.2) is 17.4 Å². The van der Waals surface area contributed by atoms with Crippen molar-refractivity contribution in [2.24, 2.45) is 0 Å². The van der Waals surface area contributed by atoms with Gasteiger partial charge in [-0.1, -0.05) is 104 Å². The molecule has 6 heteroatoms. The Morgan fingerprint density at radius 2 is 1.58 bits per heavy atom. The van der Waals surface area contributed by atoms with E-state index in [-0.39, 0.29) is 6.61 Å². The third-order valence-electron chi connectivity index (χ3n) is 7.59. The van der Waals surface area contributed by atoms with E-state index >= 15 is 0 Å². The molecule has 36 heavy (non-hydrogen) atoms. The first-order chi connectivity index (χ1) is 17.5. The van der Waals surface area contributed by atoms with E-state index in [0.717, 1.165) is 43.0 Å². The van der Waals surface area contributed by atoms with Crippen LogP contribution in [-0.4, -0.2) is 26.9 Å². The molecule has 1 atom stereocenters. The first-order valence-electron chi connectivity index (χ1n) is 13.9. The molecule has 3 rings (SSSR count). The van der Waals surface area contributed by atoms with Crippen LogP contribution < -0.4 is 4.74 Å². The Kier molecular flexibility index (Phi) is 12.9. The van der Waals surface area contributed by atoms with Gasteiger partial charge < -0.3 is 4.74 Å². The van der Waals surface area contributed by atoms with Crippen molar-refractivity contribution >= 4 is 24.7 Å². The van der Waals surface area contributed by atoms with Gasteiger partial charge in [-0.25, -0.2) is 13.2 Å². The van der Waals surface area contributed by atoms with Crippen molar-refractivity contribution in [2.45, 2.75) is 101 Å². The van der Waals surface area contributed by atoms with Crippen LogP contribution in [0.25, 0.3) is 11.1 Å². The average Bonchev–Trinajstić information content (AvgIpc) is 2.88. The third kappa shape index (κ3) is 9.23. The summed E-state index contributed by atoms with van der Waals surface area (Å²) in [5.74, 6) is -1.45. The number of halogens is 4. The summed E-state index contributed by atoms with van der Waals surface area (Å²) in [5, 5.41) is 1.12. The normalized spacial score (nSPS) is 18.8. The zero-order valence-electron chi connectivity index (χ0n) is 21.7. The second-order valence-electron chi connectivity index (χ2n) is 10.4. The van der Waals surface area contributed by atoms with Crippen LogP contribution in [0.1, 0.15) is 82.6 Å². The third-order valence-corrected chi connectivity index (χ3v) is 11.7. The molecule has 2 aromatic carbocycles. The summed E-state index contributed by atoms with van der Waals surface area (Å²) in [7, 11) is -0.558. The molecule has 1 nitrogen and oxygen atoms in total. The number of hydrogen-bond acceptors (Lipinski definition) is 1. The summed E-state index contributed by atoms with van der Waals surface area (Å²) in [5.41, 5.74) is 2.58. The van der Waals surface area contributed by atoms with Gasteiger partial charge in [0.25, 0.3) is 0 Å². The predicted octanol–water partition coefficient (Wildman–Crippen LogP) is 9.99. The Labute approximate surface area is 226 Å². The molecule has 2 aromatic rings. The van der Waals surface area contributed by atoms with Crippen molar-refractivity contribution in [3.63, 3.8) is 0 Å². The van der Waals surface area contributed by atoms with Crippen LogP contribution in [0.3, 0.4) is 0 Å². The second-order valence-corrected chi connectivity index (χ2v) is 14.7. The summed E-state index contributed by atoms with van der Waals surface area (Å²) in [6.07, 6.45) is 9.47. The van der Waals surface area contributed by atoms with Gasteiger partial charge in [0.05, 0.1) is 0 Å². The van der Waals surface area contributed by atoms with E-state index < -0.39 is 32.4 Å². The highest BCUT2D eigenvalue weighted by Gasteiger charge is 2.23. The lowest BCUT2D eigenvalue weighted by Gasteiger charge is -2.28. The van der Waals surface area contributed by atoms with E-state index in [9.17, 15) is 13.2 Å². The molecule has 0 aromatic heterocycles. The Balaban J connectivity index is 1.51. The molecule has 0 bridgehead atoms. The molecule has 0 N–H and O–H groups in total. The van der Waals surface area contributed by atoms with Gasteiger partial charge in [0.1, 0.15) is 12.8 Å². The highest BCUT2D eigenvalue weighted by Crippen LogP contribution is 2.36. The molecule has 0 amide bonds. The van der Waals surface area contributed by atoms with E-state index in [1.807, 2.05) is 12.1 Å². The largest absolute Gasteiger partial charge is 0.485 e. The van der Waals surface area contributed by atoms with E-state index in [1.54, 1.807) is 0 Å². The second kappa shape index (κ2) is 15.9. The Bertz CT molecular complexity index is 877. The molecule has 200 valence electrons. The first kappa shape index (κ1) is 29.3. The van der Waals surface area contributed by atoms with Gasteiger partial charge in [-0.3, -0.25) is 0 Å². The summed E-state index contributed by atoms with van der Waals surface area (Å²) in [6, 6.07) is 15.0. The Morgan fingerprint density at radius 1 is 0.917 bits per heavy atom. The van der Waals surface area contributed by atoms with Crippen molar-refractivity contribution in [2.75, 3.05) is 11.9 Å². The average molecular weight is 584 g/mol. The summed E-state index contributed by atoms with van der Waals surface area (Å²) >= 11 is 3.53. The fourth-order valence-corrected chi connectivity index (χ4v) is 9.23. The smallest absolute Gasteiger partial charge is 0.190 e. The topological polar surface area (TPSA) is 9.23 Å². The van der Waals surface area contributed by atoms with E-state index in [4.69, 9.17) is 4.74 Å². The van der Waals surface area contributed by atoms with Crippen LogP contribution in [-0.2, 0) is 0 Å². The highest BCUT2D eigenvalue weighted by molar-refractivity contribution is 9.09. The van der Waals surface area contributed by atoms with Crippen molar-refractivity contribution in [1.29, 1.82) is 0 Å². The highest BCUT2D eigenvalue weighted by atomic mass is 79.9. The molecule has 1 saturated heterocycles. The van der Waals surface area contributed by atoms with Gasteiger partial charge in [-0.15, -0.1) is 0 Å². The number of rotatable bonds is 15. The number of hydrogen-bond donors (Lipinski definition) is 0. The molecule has 0 radical (unpaired) electrons. The van der Waals surface area contributed by atoms with E-state index in [0.29, 0.717) is 17.9 Å².